The van der Waals surface area contributed by atoms with Gasteiger partial charge in [-0.2, -0.15) is 0 Å². The number of ether oxygens (including phenoxy) is 2. The fourth-order valence-electron chi connectivity index (χ4n) is 3.23. The lowest BCUT2D eigenvalue weighted by atomic mass is 10.1. The van der Waals surface area contributed by atoms with Crippen molar-refractivity contribution in [3.63, 3.8) is 0 Å². The average Bonchev–Trinajstić information content (AvgIpc) is 3.20. The number of amides is 1. The first-order chi connectivity index (χ1) is 15.6. The zero-order valence-electron chi connectivity index (χ0n) is 18.4. The lowest BCUT2D eigenvalue weighted by Crippen LogP contribution is -2.15. The van der Waals surface area contributed by atoms with E-state index in [-0.39, 0.29) is 11.7 Å². The molecule has 0 bridgehead atoms. The number of hydrogen-bond donors (Lipinski definition) is 1. The summed E-state index contributed by atoms with van der Waals surface area (Å²) in [5.74, 6) is 2.47. The predicted octanol–water partition coefficient (Wildman–Crippen LogP) is 4.39. The van der Waals surface area contributed by atoms with Crippen LogP contribution in [0.4, 0.5) is 5.69 Å². The number of carbonyl (C=O) groups is 1. The first kappa shape index (κ1) is 23.4. The summed E-state index contributed by atoms with van der Waals surface area (Å²) in [4.78, 5) is 12.4. The van der Waals surface area contributed by atoms with Gasteiger partial charge in [-0.15, -0.1) is 16.8 Å². The van der Waals surface area contributed by atoms with Gasteiger partial charge in [0, 0.05) is 13.0 Å². The monoisotopic (exact) mass is 452 g/mol. The lowest BCUT2D eigenvalue weighted by Gasteiger charge is -2.10. The number of hydrogen-bond acceptors (Lipinski definition) is 6. The van der Waals surface area contributed by atoms with E-state index >= 15 is 0 Å². The van der Waals surface area contributed by atoms with E-state index in [1.54, 1.807) is 14.2 Å². The summed E-state index contributed by atoms with van der Waals surface area (Å²) >= 11 is 1.36. The normalized spacial score (nSPS) is 10.6. The summed E-state index contributed by atoms with van der Waals surface area (Å²) < 4.78 is 12.5. The Labute approximate surface area is 192 Å². The Morgan fingerprint density at radius 2 is 1.88 bits per heavy atom. The maximum atomic E-state index is 12.4. The van der Waals surface area contributed by atoms with Crippen molar-refractivity contribution in [2.45, 2.75) is 31.0 Å². The van der Waals surface area contributed by atoms with Crippen LogP contribution in [0, 0.1) is 0 Å². The van der Waals surface area contributed by atoms with Crippen LogP contribution in [-0.2, 0) is 24.2 Å². The smallest absolute Gasteiger partial charge is 0.234 e. The van der Waals surface area contributed by atoms with Gasteiger partial charge in [-0.05, 0) is 42.7 Å². The van der Waals surface area contributed by atoms with E-state index in [0.29, 0.717) is 23.1 Å². The van der Waals surface area contributed by atoms with Gasteiger partial charge < -0.3 is 19.4 Å². The molecule has 3 aromatic rings. The fraction of sp³-hybridized carbons (Fsp3) is 0.292. The number of rotatable bonds is 12. The molecule has 0 aliphatic rings. The van der Waals surface area contributed by atoms with Crippen LogP contribution >= 0.6 is 11.8 Å². The van der Waals surface area contributed by atoms with Crippen molar-refractivity contribution in [3.8, 4) is 11.5 Å². The first-order valence-corrected chi connectivity index (χ1v) is 11.3. The summed E-state index contributed by atoms with van der Waals surface area (Å²) in [5, 5.41) is 12.2. The quantitative estimate of drug-likeness (QED) is 0.324. The summed E-state index contributed by atoms with van der Waals surface area (Å²) in [6, 6.07) is 15.4. The van der Waals surface area contributed by atoms with Gasteiger partial charge in [0.1, 0.15) is 17.3 Å². The van der Waals surface area contributed by atoms with Gasteiger partial charge in [0.2, 0.25) is 5.91 Å². The largest absolute Gasteiger partial charge is 0.497 e. The standard InChI is InChI=1S/C24H28N4O3S/c1-4-16-28-22(11-7-8-18-12-14-19(30-2)15-13-18)26-27-24(28)32-17-23(29)25-20-9-5-6-10-21(20)31-3/h4-6,9-10,12-15H,1,7-8,11,16-17H2,2-3H3,(H,25,29). The number of para-hydroxylation sites is 2. The van der Waals surface area contributed by atoms with E-state index < -0.39 is 0 Å². The molecule has 0 unspecified atom stereocenters. The zero-order chi connectivity index (χ0) is 22.8. The molecule has 8 heteroatoms. The third kappa shape index (κ3) is 6.37. The van der Waals surface area contributed by atoms with E-state index in [9.17, 15) is 4.79 Å². The highest BCUT2D eigenvalue weighted by molar-refractivity contribution is 7.99. The molecule has 1 N–H and O–H groups in total. The van der Waals surface area contributed by atoms with Crippen LogP contribution in [0.5, 0.6) is 11.5 Å². The molecule has 0 aliphatic heterocycles. The Balaban J connectivity index is 1.56. The number of methoxy groups -OCH3 is 2. The van der Waals surface area contributed by atoms with Crippen molar-refractivity contribution >= 4 is 23.4 Å². The van der Waals surface area contributed by atoms with Crippen molar-refractivity contribution in [1.82, 2.24) is 14.8 Å². The molecular formula is C24H28N4O3S. The van der Waals surface area contributed by atoms with Crippen LogP contribution in [0.2, 0.25) is 0 Å². The van der Waals surface area contributed by atoms with Crippen LogP contribution in [0.25, 0.3) is 0 Å². The van der Waals surface area contributed by atoms with Crippen molar-refractivity contribution in [1.29, 1.82) is 0 Å². The molecule has 0 atom stereocenters. The Bertz CT molecular complexity index is 1030. The van der Waals surface area contributed by atoms with Crippen molar-refractivity contribution in [2.24, 2.45) is 0 Å². The highest BCUT2D eigenvalue weighted by Crippen LogP contribution is 2.24. The number of thioether (sulfide) groups is 1. The number of allylic oxidation sites excluding steroid dienone is 1. The second kappa shape index (κ2) is 12.0. The van der Waals surface area contributed by atoms with E-state index in [0.717, 1.165) is 30.8 Å². The van der Waals surface area contributed by atoms with E-state index in [4.69, 9.17) is 9.47 Å². The third-order valence-electron chi connectivity index (χ3n) is 4.84. The predicted molar refractivity (Wildman–Crippen MR) is 128 cm³/mol. The van der Waals surface area contributed by atoms with Gasteiger partial charge in [0.15, 0.2) is 5.16 Å². The molecule has 3 rings (SSSR count). The summed E-state index contributed by atoms with van der Waals surface area (Å²) in [5.41, 5.74) is 1.90. The van der Waals surface area contributed by atoms with Crippen LogP contribution < -0.4 is 14.8 Å². The van der Waals surface area contributed by atoms with Gasteiger partial charge in [-0.1, -0.05) is 42.1 Å². The van der Waals surface area contributed by atoms with Crippen LogP contribution in [0.3, 0.4) is 0 Å². The minimum absolute atomic E-state index is 0.131. The van der Waals surface area contributed by atoms with Gasteiger partial charge in [-0.3, -0.25) is 4.79 Å². The number of carbonyl (C=O) groups excluding carboxylic acids is 1. The second-order valence-corrected chi connectivity index (χ2v) is 7.98. The number of aryl methyl sites for hydroxylation is 2. The lowest BCUT2D eigenvalue weighted by molar-refractivity contribution is -0.113. The number of nitrogens with zero attached hydrogens (tertiary/aromatic N) is 3. The molecular weight excluding hydrogens is 424 g/mol. The van der Waals surface area contributed by atoms with Crippen molar-refractivity contribution in [3.05, 3.63) is 72.6 Å². The van der Waals surface area contributed by atoms with Crippen LogP contribution in [0.15, 0.2) is 66.3 Å². The Morgan fingerprint density at radius 3 is 2.59 bits per heavy atom. The number of nitrogens with one attached hydrogen (secondary N) is 1. The number of aromatic nitrogens is 3. The molecule has 0 fully saturated rings. The molecule has 0 saturated carbocycles. The third-order valence-corrected chi connectivity index (χ3v) is 5.81. The van der Waals surface area contributed by atoms with Crippen LogP contribution in [-0.4, -0.2) is 40.6 Å². The molecule has 168 valence electrons. The van der Waals surface area contributed by atoms with E-state index in [2.05, 4.69) is 34.2 Å². The Kier molecular flexibility index (Phi) is 8.74. The Hall–Kier alpha value is -3.26. The molecule has 1 aromatic heterocycles. The van der Waals surface area contributed by atoms with E-state index in [1.807, 2.05) is 47.0 Å². The molecule has 1 amide bonds. The zero-order valence-corrected chi connectivity index (χ0v) is 19.2. The molecule has 0 saturated heterocycles. The summed E-state index contributed by atoms with van der Waals surface area (Å²) in [7, 11) is 3.24. The second-order valence-electron chi connectivity index (χ2n) is 7.04. The minimum atomic E-state index is -0.131. The maximum absolute atomic E-state index is 12.4. The molecule has 0 spiro atoms. The average molecular weight is 453 g/mol. The first-order valence-electron chi connectivity index (χ1n) is 10.4. The molecule has 7 nitrogen and oxygen atoms in total. The highest BCUT2D eigenvalue weighted by Gasteiger charge is 2.14. The van der Waals surface area contributed by atoms with Crippen LogP contribution in [0.1, 0.15) is 17.8 Å². The highest BCUT2D eigenvalue weighted by atomic mass is 32.2. The molecule has 1 heterocycles. The molecule has 32 heavy (non-hydrogen) atoms. The van der Waals surface area contributed by atoms with Gasteiger partial charge >= 0.3 is 0 Å². The van der Waals surface area contributed by atoms with Gasteiger partial charge in [0.25, 0.3) is 0 Å². The SMILES string of the molecule is C=CCn1c(CCCc2ccc(OC)cc2)nnc1SCC(=O)Nc1ccccc1OC. The maximum Gasteiger partial charge on any atom is 0.234 e. The van der Waals surface area contributed by atoms with Crippen molar-refractivity contribution in [2.75, 3.05) is 25.3 Å². The number of anilines is 1. The molecule has 0 radical (unpaired) electrons. The van der Waals surface area contributed by atoms with E-state index in [1.165, 1.54) is 17.3 Å². The van der Waals surface area contributed by atoms with Gasteiger partial charge in [-0.25, -0.2) is 0 Å². The molecule has 0 aliphatic carbocycles. The summed E-state index contributed by atoms with van der Waals surface area (Å²) in [6.07, 6.45) is 4.49. The number of benzene rings is 2. The van der Waals surface area contributed by atoms with Crippen molar-refractivity contribution < 1.29 is 14.3 Å². The minimum Gasteiger partial charge on any atom is -0.497 e. The topological polar surface area (TPSA) is 78.3 Å². The Morgan fingerprint density at radius 1 is 1.09 bits per heavy atom. The fourth-order valence-corrected chi connectivity index (χ4v) is 4.00. The molecule has 2 aromatic carbocycles. The summed E-state index contributed by atoms with van der Waals surface area (Å²) in [6.45, 7) is 4.44. The van der Waals surface area contributed by atoms with Gasteiger partial charge in [0.05, 0.1) is 25.7 Å².